The molecule has 3 nitrogen and oxygen atoms in total. The second kappa shape index (κ2) is 10.5. The second-order valence-corrected chi connectivity index (χ2v) is 6.69. The quantitative estimate of drug-likeness (QED) is 0.665. The molecule has 0 spiro atoms. The van der Waals surface area contributed by atoms with Gasteiger partial charge in [-0.05, 0) is 57.0 Å². The van der Waals surface area contributed by atoms with Gasteiger partial charge >= 0.3 is 0 Å². The Morgan fingerprint density at radius 1 is 0.680 bits per heavy atom. The van der Waals surface area contributed by atoms with Crippen LogP contribution in [0.1, 0.15) is 22.3 Å². The molecule has 0 atom stereocenters. The number of likely N-dealkylation sites (N-methyl/N-ethyl adjacent to an activating group) is 1. The van der Waals surface area contributed by atoms with Gasteiger partial charge in [-0.2, -0.15) is 0 Å². The number of hydrogen-bond donors (Lipinski definition) is 2. The van der Waals surface area contributed by atoms with Crippen molar-refractivity contribution >= 4 is 11.4 Å². The maximum atomic E-state index is 3.58. The molecular weight excluding hydrogens is 350 g/mol. The van der Waals surface area contributed by atoms with E-state index in [1.807, 2.05) is 0 Å². The second-order valence-electron chi connectivity index (χ2n) is 6.69. The number of nitrogens with one attached hydrogen (secondary N) is 2. The third kappa shape index (κ3) is 6.39. The maximum absolute atomic E-state index is 3.58. The van der Waals surface area contributed by atoms with Gasteiger partial charge in [0.15, 0.2) is 0 Å². The first-order chi connectivity index (χ1) is 11.5. The summed E-state index contributed by atoms with van der Waals surface area (Å²) in [6.45, 7) is 12.6. The molecule has 2 aromatic carbocycles. The van der Waals surface area contributed by atoms with Crippen molar-refractivity contribution in [3.63, 3.8) is 0 Å². The van der Waals surface area contributed by atoms with E-state index in [2.05, 4.69) is 86.7 Å². The number of anilines is 2. The number of para-hydroxylation sites is 2. The van der Waals surface area contributed by atoms with Crippen LogP contribution in [-0.2, 0) is 17.1 Å². The van der Waals surface area contributed by atoms with Crippen LogP contribution in [0.25, 0.3) is 0 Å². The van der Waals surface area contributed by atoms with E-state index in [0.29, 0.717) is 0 Å². The Morgan fingerprint density at radius 3 is 1.32 bits per heavy atom. The van der Waals surface area contributed by atoms with Gasteiger partial charge in [0.25, 0.3) is 0 Å². The molecular formula is C21H31FeN3. The molecule has 0 saturated carbocycles. The molecule has 0 aromatic heterocycles. The number of rotatable bonds is 8. The van der Waals surface area contributed by atoms with Crippen LogP contribution in [0.5, 0.6) is 0 Å². The number of hydrogen-bond acceptors (Lipinski definition) is 3. The summed E-state index contributed by atoms with van der Waals surface area (Å²) in [5.74, 6) is 0. The summed E-state index contributed by atoms with van der Waals surface area (Å²) >= 11 is 0. The minimum atomic E-state index is 0. The predicted molar refractivity (Wildman–Crippen MR) is 106 cm³/mol. The zero-order chi connectivity index (χ0) is 17.5. The van der Waals surface area contributed by atoms with Crippen LogP contribution in [0.4, 0.5) is 11.4 Å². The van der Waals surface area contributed by atoms with Crippen molar-refractivity contribution < 1.29 is 17.1 Å². The Hall–Kier alpha value is -1.48. The number of nitrogens with zero attached hydrogens (tertiary/aromatic N) is 1. The predicted octanol–water partition coefficient (Wildman–Crippen LogP) is 4.37. The standard InChI is InChI=1S/C21H31N3.Fe/c1-16-8-6-9-17(2)20(16)22-12-14-24(5)15-13-23-21-18(3)10-7-11-19(21)4;/h6-11,22-23H,12-15H2,1-5H3;. The van der Waals surface area contributed by atoms with Crippen molar-refractivity contribution in [3.05, 3.63) is 58.7 Å². The maximum Gasteiger partial charge on any atom is 0.0400 e. The summed E-state index contributed by atoms with van der Waals surface area (Å²) in [7, 11) is 2.18. The average Bonchev–Trinajstić information content (AvgIpc) is 2.53. The summed E-state index contributed by atoms with van der Waals surface area (Å²) in [4.78, 5) is 2.36. The van der Waals surface area contributed by atoms with Gasteiger partial charge in [0.2, 0.25) is 0 Å². The van der Waals surface area contributed by atoms with E-state index < -0.39 is 0 Å². The van der Waals surface area contributed by atoms with E-state index in [1.165, 1.54) is 33.6 Å². The Morgan fingerprint density at radius 2 is 1.00 bits per heavy atom. The van der Waals surface area contributed by atoms with E-state index in [-0.39, 0.29) is 17.1 Å². The summed E-state index contributed by atoms with van der Waals surface area (Å²) in [6.07, 6.45) is 0. The molecule has 25 heavy (non-hydrogen) atoms. The summed E-state index contributed by atoms with van der Waals surface area (Å²) in [5.41, 5.74) is 7.81. The van der Waals surface area contributed by atoms with Crippen LogP contribution in [-0.4, -0.2) is 38.1 Å². The first-order valence-electron chi connectivity index (χ1n) is 8.77. The molecule has 0 aliphatic heterocycles. The van der Waals surface area contributed by atoms with Gasteiger partial charge in [0.1, 0.15) is 0 Å². The first kappa shape index (κ1) is 21.6. The van der Waals surface area contributed by atoms with Crippen LogP contribution in [0.15, 0.2) is 36.4 Å². The van der Waals surface area contributed by atoms with Crippen molar-refractivity contribution in [2.75, 3.05) is 43.9 Å². The zero-order valence-electron chi connectivity index (χ0n) is 16.1. The molecule has 0 unspecified atom stereocenters. The largest absolute Gasteiger partial charge is 0.383 e. The normalized spacial score (nSPS) is 10.5. The monoisotopic (exact) mass is 381 g/mol. The van der Waals surface area contributed by atoms with E-state index in [0.717, 1.165) is 26.2 Å². The molecule has 2 N–H and O–H groups in total. The fraction of sp³-hybridized carbons (Fsp3) is 0.429. The van der Waals surface area contributed by atoms with Crippen LogP contribution < -0.4 is 10.6 Å². The van der Waals surface area contributed by atoms with E-state index >= 15 is 0 Å². The molecule has 0 radical (unpaired) electrons. The molecule has 2 rings (SSSR count). The Labute approximate surface area is 163 Å². The van der Waals surface area contributed by atoms with E-state index in [4.69, 9.17) is 0 Å². The molecule has 0 aliphatic rings. The molecule has 0 fully saturated rings. The minimum absolute atomic E-state index is 0. The molecule has 4 heteroatoms. The number of aryl methyl sites for hydroxylation is 4. The fourth-order valence-electron chi connectivity index (χ4n) is 3.04. The van der Waals surface area contributed by atoms with Crippen LogP contribution >= 0.6 is 0 Å². The smallest absolute Gasteiger partial charge is 0.0400 e. The van der Waals surface area contributed by atoms with E-state index in [1.54, 1.807) is 0 Å². The Kier molecular flexibility index (Phi) is 9.05. The zero-order valence-corrected chi connectivity index (χ0v) is 17.2. The van der Waals surface area contributed by atoms with Gasteiger partial charge in [0, 0.05) is 54.6 Å². The Bertz CT molecular complexity index is 572. The SMILES string of the molecule is Cc1cccc(C)c1NCCN(C)CCNc1c(C)cccc1C.[Fe]. The van der Waals surface area contributed by atoms with Gasteiger partial charge < -0.3 is 15.5 Å². The molecule has 0 heterocycles. The van der Waals surface area contributed by atoms with Crippen molar-refractivity contribution in [3.8, 4) is 0 Å². The van der Waals surface area contributed by atoms with Crippen LogP contribution in [0, 0.1) is 27.7 Å². The molecule has 0 saturated heterocycles. The summed E-state index contributed by atoms with van der Waals surface area (Å²) in [6, 6.07) is 12.9. The van der Waals surface area contributed by atoms with Crippen LogP contribution in [0.2, 0.25) is 0 Å². The van der Waals surface area contributed by atoms with Gasteiger partial charge in [-0.3, -0.25) is 0 Å². The Balaban J connectivity index is 0.00000312. The van der Waals surface area contributed by atoms with Gasteiger partial charge in [-0.15, -0.1) is 0 Å². The van der Waals surface area contributed by atoms with Gasteiger partial charge in [0.05, 0.1) is 0 Å². The molecule has 0 amide bonds. The third-order valence-corrected chi connectivity index (χ3v) is 4.55. The summed E-state index contributed by atoms with van der Waals surface area (Å²) < 4.78 is 0. The van der Waals surface area contributed by atoms with Gasteiger partial charge in [-0.25, -0.2) is 0 Å². The molecule has 2 aromatic rings. The van der Waals surface area contributed by atoms with Crippen LogP contribution in [0.3, 0.4) is 0 Å². The molecule has 138 valence electrons. The van der Waals surface area contributed by atoms with Crippen molar-refractivity contribution in [2.24, 2.45) is 0 Å². The van der Waals surface area contributed by atoms with Crippen molar-refractivity contribution in [1.29, 1.82) is 0 Å². The molecule has 0 aliphatic carbocycles. The first-order valence-corrected chi connectivity index (χ1v) is 8.77. The van der Waals surface area contributed by atoms with Crippen molar-refractivity contribution in [2.45, 2.75) is 27.7 Å². The fourth-order valence-corrected chi connectivity index (χ4v) is 3.04. The topological polar surface area (TPSA) is 27.3 Å². The average molecular weight is 381 g/mol. The minimum Gasteiger partial charge on any atom is -0.383 e. The summed E-state index contributed by atoms with van der Waals surface area (Å²) in [5, 5.41) is 7.15. The van der Waals surface area contributed by atoms with Gasteiger partial charge in [-0.1, -0.05) is 36.4 Å². The number of benzene rings is 2. The molecule has 0 bridgehead atoms. The van der Waals surface area contributed by atoms with E-state index in [9.17, 15) is 0 Å². The van der Waals surface area contributed by atoms with Crippen molar-refractivity contribution in [1.82, 2.24) is 4.90 Å². The third-order valence-electron chi connectivity index (χ3n) is 4.55.